The highest BCUT2D eigenvalue weighted by atomic mass is 32.2. The molecule has 0 saturated heterocycles. The average Bonchev–Trinajstić information content (AvgIpc) is 2.65. The zero-order valence-electron chi connectivity index (χ0n) is 10.5. The highest BCUT2D eigenvalue weighted by Gasteiger charge is 2.12. The van der Waals surface area contributed by atoms with Crippen LogP contribution >= 0.6 is 0 Å². The van der Waals surface area contributed by atoms with E-state index in [9.17, 15) is 8.42 Å². The lowest BCUT2D eigenvalue weighted by molar-refractivity contribution is 0.534. The van der Waals surface area contributed by atoms with Gasteiger partial charge in [0.15, 0.2) is 5.82 Å². The summed E-state index contributed by atoms with van der Waals surface area (Å²) >= 11 is 0. The van der Waals surface area contributed by atoms with Crippen LogP contribution in [0.4, 0.5) is 5.82 Å². The molecule has 0 unspecified atom stereocenters. The van der Waals surface area contributed by atoms with Crippen LogP contribution in [0.25, 0.3) is 0 Å². The summed E-state index contributed by atoms with van der Waals surface area (Å²) in [6, 6.07) is 1.88. The zero-order chi connectivity index (χ0) is 12.9. The Hall–Kier alpha value is -1.08. The quantitative estimate of drug-likeness (QED) is 0.712. The molecule has 0 spiro atoms. The van der Waals surface area contributed by atoms with Gasteiger partial charge < -0.3 is 5.32 Å². The summed E-state index contributed by atoms with van der Waals surface area (Å²) in [6.45, 7) is 4.65. The van der Waals surface area contributed by atoms with Crippen molar-refractivity contribution in [3.63, 3.8) is 0 Å². The molecule has 1 aromatic rings. The maximum Gasteiger partial charge on any atom is 0.233 e. The van der Waals surface area contributed by atoms with Gasteiger partial charge in [-0.2, -0.15) is 5.10 Å². The SMILES string of the molecule is CNCCCS(=O)(=O)Nc1ccn(C(C)C)n1. The molecule has 0 fully saturated rings. The van der Waals surface area contributed by atoms with Crippen LogP contribution in [0.5, 0.6) is 0 Å². The summed E-state index contributed by atoms with van der Waals surface area (Å²) in [6.07, 6.45) is 2.34. The molecule has 1 heterocycles. The lowest BCUT2D eigenvalue weighted by Gasteiger charge is -2.06. The van der Waals surface area contributed by atoms with Crippen molar-refractivity contribution in [3.8, 4) is 0 Å². The van der Waals surface area contributed by atoms with E-state index in [1.54, 1.807) is 24.0 Å². The summed E-state index contributed by atoms with van der Waals surface area (Å²) in [7, 11) is -1.49. The molecular formula is C10H20N4O2S. The van der Waals surface area contributed by atoms with Gasteiger partial charge in [0.1, 0.15) is 0 Å². The summed E-state index contributed by atoms with van der Waals surface area (Å²) < 4.78 is 27.5. The third-order valence-corrected chi connectivity index (χ3v) is 3.58. The molecule has 17 heavy (non-hydrogen) atoms. The first-order valence-electron chi connectivity index (χ1n) is 5.65. The Morgan fingerprint density at radius 3 is 2.71 bits per heavy atom. The third kappa shape index (κ3) is 4.74. The van der Waals surface area contributed by atoms with Crippen LogP contribution in [-0.4, -0.2) is 37.5 Å². The van der Waals surface area contributed by atoms with E-state index in [-0.39, 0.29) is 11.8 Å². The number of nitrogens with one attached hydrogen (secondary N) is 2. The number of anilines is 1. The van der Waals surface area contributed by atoms with Crippen molar-refractivity contribution < 1.29 is 8.42 Å². The zero-order valence-corrected chi connectivity index (χ0v) is 11.3. The maximum atomic E-state index is 11.7. The normalized spacial score (nSPS) is 12.0. The van der Waals surface area contributed by atoms with E-state index in [1.165, 1.54) is 0 Å². The van der Waals surface area contributed by atoms with Crippen LogP contribution < -0.4 is 10.0 Å². The van der Waals surface area contributed by atoms with Crippen LogP contribution in [-0.2, 0) is 10.0 Å². The van der Waals surface area contributed by atoms with Crippen LogP contribution in [0, 0.1) is 0 Å². The first-order valence-corrected chi connectivity index (χ1v) is 7.30. The molecule has 1 rings (SSSR count). The van der Waals surface area contributed by atoms with E-state index in [1.807, 2.05) is 13.8 Å². The van der Waals surface area contributed by atoms with Crippen LogP contribution in [0.15, 0.2) is 12.3 Å². The molecule has 98 valence electrons. The molecule has 0 aliphatic rings. The smallest absolute Gasteiger partial charge is 0.233 e. The monoisotopic (exact) mass is 260 g/mol. The number of nitrogens with zero attached hydrogens (tertiary/aromatic N) is 2. The Balaban J connectivity index is 2.57. The van der Waals surface area contributed by atoms with E-state index in [0.717, 1.165) is 0 Å². The average molecular weight is 260 g/mol. The van der Waals surface area contributed by atoms with E-state index in [0.29, 0.717) is 18.8 Å². The number of aromatic nitrogens is 2. The van der Waals surface area contributed by atoms with Gasteiger partial charge in [0.05, 0.1) is 5.75 Å². The minimum Gasteiger partial charge on any atom is -0.320 e. The van der Waals surface area contributed by atoms with Gasteiger partial charge in [-0.25, -0.2) is 8.42 Å². The molecule has 0 saturated carbocycles. The first-order chi connectivity index (χ1) is 7.94. The topological polar surface area (TPSA) is 76.0 Å². The Morgan fingerprint density at radius 1 is 1.47 bits per heavy atom. The fourth-order valence-corrected chi connectivity index (χ4v) is 2.38. The van der Waals surface area contributed by atoms with Crippen molar-refractivity contribution in [1.82, 2.24) is 15.1 Å². The van der Waals surface area contributed by atoms with Gasteiger partial charge >= 0.3 is 0 Å². The van der Waals surface area contributed by atoms with Crippen LogP contribution in [0.2, 0.25) is 0 Å². The third-order valence-electron chi connectivity index (χ3n) is 2.24. The van der Waals surface area contributed by atoms with E-state index in [4.69, 9.17) is 0 Å². The Bertz CT molecular complexity index is 439. The van der Waals surface area contributed by atoms with E-state index >= 15 is 0 Å². The molecule has 6 nitrogen and oxygen atoms in total. The number of sulfonamides is 1. The standard InChI is InChI=1S/C10H20N4O2S/c1-9(2)14-7-5-10(12-14)13-17(15,16)8-4-6-11-3/h5,7,9,11H,4,6,8H2,1-3H3,(H,12,13). The summed E-state index contributed by atoms with van der Waals surface area (Å²) in [4.78, 5) is 0. The molecule has 2 N–H and O–H groups in total. The summed E-state index contributed by atoms with van der Waals surface area (Å²) in [5.41, 5.74) is 0. The highest BCUT2D eigenvalue weighted by molar-refractivity contribution is 7.92. The van der Waals surface area contributed by atoms with E-state index < -0.39 is 10.0 Å². The van der Waals surface area contributed by atoms with Gasteiger partial charge in [-0.15, -0.1) is 0 Å². The number of rotatable bonds is 7. The molecule has 1 aromatic heterocycles. The van der Waals surface area contributed by atoms with Crippen molar-refractivity contribution in [3.05, 3.63) is 12.3 Å². The van der Waals surface area contributed by atoms with Crippen LogP contribution in [0.1, 0.15) is 26.3 Å². The number of hydrogen-bond acceptors (Lipinski definition) is 4. The fraction of sp³-hybridized carbons (Fsp3) is 0.700. The molecule has 0 aliphatic heterocycles. The molecule has 0 aliphatic carbocycles. The molecule has 0 amide bonds. The molecule has 0 atom stereocenters. The molecular weight excluding hydrogens is 240 g/mol. The Morgan fingerprint density at radius 2 is 2.18 bits per heavy atom. The highest BCUT2D eigenvalue weighted by Crippen LogP contribution is 2.10. The molecule has 7 heteroatoms. The van der Waals surface area contributed by atoms with Gasteiger partial charge in [0.25, 0.3) is 0 Å². The second-order valence-electron chi connectivity index (χ2n) is 4.15. The predicted octanol–water partition coefficient (Wildman–Crippen LogP) is 0.815. The molecule has 0 aromatic carbocycles. The van der Waals surface area contributed by atoms with Gasteiger partial charge in [-0.3, -0.25) is 9.40 Å². The van der Waals surface area contributed by atoms with Crippen molar-refractivity contribution in [1.29, 1.82) is 0 Å². The largest absolute Gasteiger partial charge is 0.320 e. The maximum absolute atomic E-state index is 11.7. The van der Waals surface area contributed by atoms with E-state index in [2.05, 4.69) is 15.1 Å². The fourth-order valence-electron chi connectivity index (χ4n) is 1.33. The van der Waals surface area contributed by atoms with Crippen LogP contribution in [0.3, 0.4) is 0 Å². The van der Waals surface area contributed by atoms with Gasteiger partial charge in [-0.05, 0) is 33.9 Å². The Labute approximate surface area is 102 Å². The second kappa shape index (κ2) is 6.02. The van der Waals surface area contributed by atoms with Crippen molar-refractivity contribution >= 4 is 15.8 Å². The van der Waals surface area contributed by atoms with Gasteiger partial charge in [-0.1, -0.05) is 0 Å². The minimum absolute atomic E-state index is 0.0996. The van der Waals surface area contributed by atoms with Gasteiger partial charge in [0.2, 0.25) is 10.0 Å². The van der Waals surface area contributed by atoms with Gasteiger partial charge in [0, 0.05) is 18.3 Å². The lowest BCUT2D eigenvalue weighted by atomic mass is 10.4. The predicted molar refractivity (Wildman–Crippen MR) is 68.6 cm³/mol. The molecule has 0 bridgehead atoms. The first kappa shape index (κ1) is 14.0. The van der Waals surface area contributed by atoms with Crippen molar-refractivity contribution in [2.75, 3.05) is 24.1 Å². The minimum atomic E-state index is -3.29. The summed E-state index contributed by atoms with van der Waals surface area (Å²) in [5, 5.41) is 7.05. The Kier molecular flexibility index (Phi) is 4.95. The molecule has 0 radical (unpaired) electrons. The van der Waals surface area contributed by atoms with Crippen molar-refractivity contribution in [2.24, 2.45) is 0 Å². The van der Waals surface area contributed by atoms with Crippen molar-refractivity contribution in [2.45, 2.75) is 26.3 Å². The number of hydrogen-bond donors (Lipinski definition) is 2. The summed E-state index contributed by atoms with van der Waals surface area (Å²) in [5.74, 6) is 0.478. The second-order valence-corrected chi connectivity index (χ2v) is 5.99. The lowest BCUT2D eigenvalue weighted by Crippen LogP contribution is -2.20.